The van der Waals surface area contributed by atoms with Crippen molar-refractivity contribution in [3.8, 4) is 5.75 Å². The lowest BCUT2D eigenvalue weighted by atomic mass is 10.0. The van der Waals surface area contributed by atoms with E-state index in [4.69, 9.17) is 15.2 Å². The van der Waals surface area contributed by atoms with Crippen LogP contribution in [0.25, 0.3) is 0 Å². The van der Waals surface area contributed by atoms with Crippen molar-refractivity contribution >= 4 is 0 Å². The molecule has 1 aromatic rings. The lowest BCUT2D eigenvalue weighted by molar-refractivity contribution is -0.0728. The highest BCUT2D eigenvalue weighted by molar-refractivity contribution is 5.34. The fraction of sp³-hybridized carbons (Fsp3) is 0.571. The molecular formula is C14H21FN2O2. The molecule has 0 spiro atoms. The molecule has 1 fully saturated rings. The van der Waals surface area contributed by atoms with Crippen LogP contribution in [0.3, 0.4) is 0 Å². The molecule has 4 nitrogen and oxygen atoms in total. The molecule has 5 heteroatoms. The van der Waals surface area contributed by atoms with E-state index in [0.717, 1.165) is 19.4 Å². The van der Waals surface area contributed by atoms with Gasteiger partial charge in [0.05, 0.1) is 7.11 Å². The molecule has 1 saturated heterocycles. The van der Waals surface area contributed by atoms with Gasteiger partial charge in [-0.15, -0.1) is 0 Å². The van der Waals surface area contributed by atoms with Gasteiger partial charge in [-0.3, -0.25) is 4.90 Å². The molecule has 1 heterocycles. The van der Waals surface area contributed by atoms with E-state index in [-0.39, 0.29) is 18.1 Å². The van der Waals surface area contributed by atoms with Crippen LogP contribution in [-0.4, -0.2) is 37.9 Å². The van der Waals surface area contributed by atoms with E-state index in [1.165, 1.54) is 6.07 Å². The normalized spacial score (nSPS) is 24.4. The van der Waals surface area contributed by atoms with Crippen LogP contribution in [0.5, 0.6) is 5.75 Å². The van der Waals surface area contributed by atoms with E-state index in [2.05, 4.69) is 4.90 Å². The van der Waals surface area contributed by atoms with Gasteiger partial charge in [-0.1, -0.05) is 6.07 Å². The average molecular weight is 268 g/mol. The minimum absolute atomic E-state index is 0.0310. The lowest BCUT2D eigenvalue weighted by Gasteiger charge is -2.38. The Balaban J connectivity index is 2.20. The Kier molecular flexibility index (Phi) is 4.74. The maximum absolute atomic E-state index is 13.9. The first-order chi connectivity index (χ1) is 9.17. The molecule has 2 rings (SSSR count). The molecule has 0 bridgehead atoms. The van der Waals surface area contributed by atoms with Crippen LogP contribution < -0.4 is 10.5 Å². The minimum Gasteiger partial charge on any atom is -0.496 e. The first-order valence-corrected chi connectivity index (χ1v) is 6.51. The fourth-order valence-corrected chi connectivity index (χ4v) is 2.65. The van der Waals surface area contributed by atoms with Crippen molar-refractivity contribution in [3.63, 3.8) is 0 Å². The molecule has 1 aromatic carbocycles. The third-order valence-electron chi connectivity index (χ3n) is 3.61. The van der Waals surface area contributed by atoms with E-state index in [9.17, 15) is 4.39 Å². The third-order valence-corrected chi connectivity index (χ3v) is 3.61. The summed E-state index contributed by atoms with van der Waals surface area (Å²) in [4.78, 5) is 2.06. The fourth-order valence-electron chi connectivity index (χ4n) is 2.65. The van der Waals surface area contributed by atoms with E-state index < -0.39 is 0 Å². The van der Waals surface area contributed by atoms with Gasteiger partial charge in [0.1, 0.15) is 17.8 Å². The van der Waals surface area contributed by atoms with Crippen molar-refractivity contribution in [1.29, 1.82) is 0 Å². The maximum Gasteiger partial charge on any atom is 0.131 e. The molecule has 2 atom stereocenters. The topological polar surface area (TPSA) is 47.7 Å². The van der Waals surface area contributed by atoms with E-state index >= 15 is 0 Å². The zero-order valence-corrected chi connectivity index (χ0v) is 11.4. The Labute approximate surface area is 113 Å². The predicted molar refractivity (Wildman–Crippen MR) is 71.4 cm³/mol. The Hall–Kier alpha value is -1.17. The van der Waals surface area contributed by atoms with Crippen LogP contribution in [0.2, 0.25) is 0 Å². The molecule has 1 aliphatic rings. The highest BCUT2D eigenvalue weighted by atomic mass is 19.1. The Morgan fingerprint density at radius 1 is 1.42 bits per heavy atom. The van der Waals surface area contributed by atoms with Crippen molar-refractivity contribution in [2.45, 2.75) is 31.7 Å². The summed E-state index contributed by atoms with van der Waals surface area (Å²) in [6.07, 6.45) is 1.76. The number of halogens is 1. The molecule has 2 N–H and O–H groups in total. The molecular weight excluding hydrogens is 247 g/mol. The van der Waals surface area contributed by atoms with Gasteiger partial charge in [0.15, 0.2) is 0 Å². The highest BCUT2D eigenvalue weighted by Crippen LogP contribution is 2.26. The predicted octanol–water partition coefficient (Wildman–Crippen LogP) is 1.73. The third kappa shape index (κ3) is 3.05. The number of nitrogens with two attached hydrogens (primary N) is 1. The number of likely N-dealkylation sites (tertiary alicyclic amines) is 1. The van der Waals surface area contributed by atoms with Gasteiger partial charge in [-0.25, -0.2) is 4.39 Å². The number of piperidine rings is 1. The van der Waals surface area contributed by atoms with Crippen molar-refractivity contribution in [3.05, 3.63) is 29.6 Å². The molecule has 2 unspecified atom stereocenters. The van der Waals surface area contributed by atoms with Gasteiger partial charge >= 0.3 is 0 Å². The molecule has 19 heavy (non-hydrogen) atoms. The zero-order valence-electron chi connectivity index (χ0n) is 11.4. The number of nitrogens with zero attached hydrogens (tertiary/aromatic N) is 1. The lowest BCUT2D eigenvalue weighted by Crippen LogP contribution is -2.52. The van der Waals surface area contributed by atoms with Crippen LogP contribution in [0, 0.1) is 5.82 Å². The van der Waals surface area contributed by atoms with Gasteiger partial charge < -0.3 is 15.2 Å². The van der Waals surface area contributed by atoms with E-state index in [1.807, 2.05) is 0 Å². The quantitative estimate of drug-likeness (QED) is 0.903. The van der Waals surface area contributed by atoms with Crippen molar-refractivity contribution < 1.29 is 13.9 Å². The smallest absolute Gasteiger partial charge is 0.131 e. The minimum atomic E-state index is -0.256. The summed E-state index contributed by atoms with van der Waals surface area (Å²) >= 11 is 0. The number of methoxy groups -OCH3 is 2. The van der Waals surface area contributed by atoms with Crippen LogP contribution in [0.1, 0.15) is 18.4 Å². The van der Waals surface area contributed by atoms with Crippen LogP contribution in [0.15, 0.2) is 18.2 Å². The van der Waals surface area contributed by atoms with Gasteiger partial charge in [0, 0.05) is 31.8 Å². The average Bonchev–Trinajstić information content (AvgIpc) is 2.41. The number of hydrogen-bond donors (Lipinski definition) is 1. The molecule has 0 saturated carbocycles. The Morgan fingerprint density at radius 2 is 2.21 bits per heavy atom. The second-order valence-electron chi connectivity index (χ2n) is 4.82. The van der Waals surface area contributed by atoms with Crippen LogP contribution in [0.4, 0.5) is 4.39 Å². The zero-order chi connectivity index (χ0) is 13.8. The van der Waals surface area contributed by atoms with Gasteiger partial charge in [-0.05, 0) is 25.0 Å². The van der Waals surface area contributed by atoms with E-state index in [1.54, 1.807) is 26.4 Å². The van der Waals surface area contributed by atoms with Crippen LogP contribution >= 0.6 is 0 Å². The largest absolute Gasteiger partial charge is 0.496 e. The molecule has 0 radical (unpaired) electrons. The molecule has 0 amide bonds. The van der Waals surface area contributed by atoms with Crippen molar-refractivity contribution in [2.24, 2.45) is 5.73 Å². The van der Waals surface area contributed by atoms with E-state index in [0.29, 0.717) is 17.9 Å². The number of rotatable bonds is 4. The first-order valence-electron chi connectivity index (χ1n) is 6.51. The Morgan fingerprint density at radius 3 is 2.89 bits per heavy atom. The molecule has 1 aliphatic heterocycles. The maximum atomic E-state index is 13.9. The van der Waals surface area contributed by atoms with Gasteiger partial charge in [0.25, 0.3) is 0 Å². The summed E-state index contributed by atoms with van der Waals surface area (Å²) in [6.45, 7) is 1.30. The second kappa shape index (κ2) is 6.32. The van der Waals surface area contributed by atoms with Crippen molar-refractivity contribution in [2.75, 3.05) is 20.8 Å². The standard InChI is InChI=1S/C14H21FN2O2/c1-18-13-7-3-5-11(15)10(13)9-17-8-4-6-12(16)14(17)19-2/h3,5,7,12,14H,4,6,8-9,16H2,1-2H3. The van der Waals surface area contributed by atoms with Crippen LogP contribution in [-0.2, 0) is 11.3 Å². The highest BCUT2D eigenvalue weighted by Gasteiger charge is 2.30. The van der Waals surface area contributed by atoms with Crippen molar-refractivity contribution in [1.82, 2.24) is 4.90 Å². The summed E-state index contributed by atoms with van der Waals surface area (Å²) in [7, 11) is 3.19. The summed E-state index contributed by atoms with van der Waals surface area (Å²) in [5, 5.41) is 0. The summed E-state index contributed by atoms with van der Waals surface area (Å²) in [5.41, 5.74) is 6.61. The number of benzene rings is 1. The molecule has 0 aliphatic carbocycles. The second-order valence-corrected chi connectivity index (χ2v) is 4.82. The number of ether oxygens (including phenoxy) is 2. The monoisotopic (exact) mass is 268 g/mol. The summed E-state index contributed by atoms with van der Waals surface area (Å²) < 4.78 is 24.6. The molecule has 106 valence electrons. The summed E-state index contributed by atoms with van der Waals surface area (Å²) in [6, 6.07) is 4.83. The van der Waals surface area contributed by atoms with Gasteiger partial charge in [-0.2, -0.15) is 0 Å². The first kappa shape index (κ1) is 14.2. The summed E-state index contributed by atoms with van der Waals surface area (Å²) in [5.74, 6) is 0.308. The SMILES string of the molecule is COc1cccc(F)c1CN1CCCC(N)C1OC. The van der Waals surface area contributed by atoms with Gasteiger partial charge in [0.2, 0.25) is 0 Å². The number of hydrogen-bond acceptors (Lipinski definition) is 4. The molecule has 0 aromatic heterocycles. The Bertz CT molecular complexity index is 428.